The van der Waals surface area contributed by atoms with Crippen molar-refractivity contribution in [2.24, 2.45) is 0 Å². The molecule has 1 unspecified atom stereocenters. The van der Waals surface area contributed by atoms with Gasteiger partial charge in [0.05, 0.1) is 10.9 Å². The first-order valence-corrected chi connectivity index (χ1v) is 15.1. The van der Waals surface area contributed by atoms with Gasteiger partial charge in [-0.2, -0.15) is 0 Å². The number of aryl methyl sites for hydroxylation is 2. The van der Waals surface area contributed by atoms with Crippen molar-refractivity contribution in [2.75, 3.05) is 6.61 Å². The van der Waals surface area contributed by atoms with E-state index >= 15 is 0 Å². The lowest BCUT2D eigenvalue weighted by molar-refractivity contribution is -0.156. The van der Waals surface area contributed by atoms with Crippen LogP contribution in [0, 0.1) is 25.7 Å². The number of hydrogen-bond donors (Lipinski definition) is 0. The van der Waals surface area contributed by atoms with E-state index in [9.17, 15) is 4.79 Å². The number of ether oxygens (including phenoxy) is 2. The van der Waals surface area contributed by atoms with Crippen molar-refractivity contribution in [3.8, 4) is 17.6 Å². The summed E-state index contributed by atoms with van der Waals surface area (Å²) in [5.41, 5.74) is 2.45. The highest BCUT2D eigenvalue weighted by Crippen LogP contribution is 2.35. The van der Waals surface area contributed by atoms with Gasteiger partial charge in [0.2, 0.25) is 0 Å². The summed E-state index contributed by atoms with van der Waals surface area (Å²) in [7, 11) is -0.271. The highest BCUT2D eigenvalue weighted by Gasteiger charge is 2.31. The van der Waals surface area contributed by atoms with Crippen LogP contribution in [0.1, 0.15) is 29.2 Å². The van der Waals surface area contributed by atoms with Gasteiger partial charge >= 0.3 is 5.97 Å². The first-order chi connectivity index (χ1) is 20.4. The van der Waals surface area contributed by atoms with Crippen LogP contribution in [0.3, 0.4) is 0 Å². The van der Waals surface area contributed by atoms with Crippen molar-refractivity contribution < 1.29 is 14.3 Å². The van der Waals surface area contributed by atoms with Crippen LogP contribution in [0.5, 0.6) is 5.75 Å². The van der Waals surface area contributed by atoms with Gasteiger partial charge in [-0.15, -0.1) is 0 Å². The fourth-order valence-corrected chi connectivity index (χ4v) is 7.06. The first kappa shape index (κ1) is 28.8. The summed E-state index contributed by atoms with van der Waals surface area (Å²) in [4.78, 5) is 16.9. The number of esters is 1. The molecule has 5 rings (SSSR count). The Kier molecular flexibility index (Phi) is 9.12. The van der Waals surface area contributed by atoms with E-state index in [0.29, 0.717) is 5.75 Å². The van der Waals surface area contributed by atoms with Gasteiger partial charge < -0.3 is 9.47 Å². The van der Waals surface area contributed by atoms with Crippen LogP contribution in [0.2, 0.25) is 0 Å². The van der Waals surface area contributed by atoms with Crippen LogP contribution in [0.25, 0.3) is 0 Å². The summed E-state index contributed by atoms with van der Waals surface area (Å²) < 4.78 is 12.1. The Morgan fingerprint density at radius 2 is 1.17 bits per heavy atom. The minimum absolute atomic E-state index is 0.223. The van der Waals surface area contributed by atoms with Crippen molar-refractivity contribution in [3.63, 3.8) is 0 Å². The second-order valence-electron chi connectivity index (χ2n) is 10.1. The molecule has 4 heteroatoms. The van der Waals surface area contributed by atoms with E-state index in [4.69, 9.17) is 9.47 Å². The predicted molar refractivity (Wildman–Crippen MR) is 170 cm³/mol. The summed E-state index contributed by atoms with van der Waals surface area (Å²) in [6.07, 6.45) is 0. The van der Waals surface area contributed by atoms with Gasteiger partial charge in [0.15, 0.2) is 26.9 Å². The minimum Gasteiger partial charge on any atom is -0.481 e. The molecule has 208 valence electrons. The van der Waals surface area contributed by atoms with Crippen LogP contribution >= 0.6 is 0 Å². The zero-order chi connectivity index (χ0) is 29.4. The topological polar surface area (TPSA) is 35.5 Å². The Labute approximate surface area is 251 Å². The van der Waals surface area contributed by atoms with Crippen LogP contribution in [0.15, 0.2) is 148 Å². The highest BCUT2D eigenvalue weighted by atomic mass is 32.2. The van der Waals surface area contributed by atoms with Crippen molar-refractivity contribution in [1.29, 1.82) is 0 Å². The van der Waals surface area contributed by atoms with Crippen LogP contribution in [0.4, 0.5) is 0 Å². The van der Waals surface area contributed by atoms with Crippen molar-refractivity contribution in [1.82, 2.24) is 0 Å². The van der Waals surface area contributed by atoms with Gasteiger partial charge in [-0.3, -0.25) is 0 Å². The lowest BCUT2D eigenvalue weighted by Gasteiger charge is -2.25. The van der Waals surface area contributed by atoms with Crippen LogP contribution in [-0.2, 0) is 26.0 Å². The van der Waals surface area contributed by atoms with Gasteiger partial charge in [-0.05, 0) is 74.2 Å². The van der Waals surface area contributed by atoms with Crippen LogP contribution < -0.4 is 4.74 Å². The van der Waals surface area contributed by atoms with E-state index in [1.165, 1.54) is 14.7 Å². The lowest BCUT2D eigenvalue weighted by atomic mass is 9.96. The van der Waals surface area contributed by atoms with Crippen molar-refractivity contribution >= 4 is 16.9 Å². The number of carbonyl (C=O) groups excluding carboxylic acids is 1. The summed E-state index contributed by atoms with van der Waals surface area (Å²) >= 11 is 0. The molecule has 0 radical (unpaired) electrons. The lowest BCUT2D eigenvalue weighted by Crippen LogP contribution is -2.30. The quantitative estimate of drug-likeness (QED) is 0.107. The average Bonchev–Trinajstić information content (AvgIpc) is 3.02. The maximum Gasteiger partial charge on any atom is 0.345 e. The molecule has 0 fully saturated rings. The summed E-state index contributed by atoms with van der Waals surface area (Å²) in [5, 5.41) is 0. The molecule has 0 heterocycles. The van der Waals surface area contributed by atoms with E-state index in [2.05, 4.69) is 72.5 Å². The second-order valence-corrected chi connectivity index (χ2v) is 12.1. The highest BCUT2D eigenvalue weighted by molar-refractivity contribution is 7.97. The third-order valence-electron chi connectivity index (χ3n) is 6.82. The average molecular weight is 570 g/mol. The molecule has 5 aromatic carbocycles. The maximum atomic E-state index is 13.2. The van der Waals surface area contributed by atoms with E-state index < -0.39 is 11.6 Å². The number of rotatable bonds is 8. The smallest absolute Gasteiger partial charge is 0.345 e. The molecule has 0 N–H and O–H groups in total. The standard InChI is InChI=1S/C38H33O3S/c1-29-26-35(42(33-20-12-6-13-21-33)34-22-14-7-15-23-34)27-30(2)37(29)40-28-36(39)41-38(3,32-18-10-5-11-19-32)25-24-31-16-8-4-9-17-31/h4-23,26-27H,28H2,1-3H3/q+1. The molecule has 5 aromatic rings. The van der Waals surface area contributed by atoms with Gasteiger partial charge in [-0.1, -0.05) is 90.8 Å². The fraction of sp³-hybridized carbons (Fsp3) is 0.132. The van der Waals surface area contributed by atoms with Crippen molar-refractivity contribution in [3.05, 3.63) is 156 Å². The van der Waals surface area contributed by atoms with Gasteiger partial charge in [0.1, 0.15) is 5.75 Å². The van der Waals surface area contributed by atoms with Gasteiger partial charge in [0.25, 0.3) is 0 Å². The number of carbonyl (C=O) groups is 1. The third kappa shape index (κ3) is 6.94. The SMILES string of the molecule is Cc1cc([S+](c2ccccc2)c2ccccc2)cc(C)c1OCC(=O)OC(C)(C#Cc1ccccc1)c1ccccc1. The molecule has 0 saturated carbocycles. The number of hydrogen-bond acceptors (Lipinski definition) is 3. The third-order valence-corrected chi connectivity index (χ3v) is 9.02. The molecule has 0 aromatic heterocycles. The Hall–Kier alpha value is -4.72. The van der Waals surface area contributed by atoms with E-state index in [1.54, 1.807) is 0 Å². The Morgan fingerprint density at radius 1 is 0.690 bits per heavy atom. The Bertz CT molecular complexity index is 1630. The molecule has 0 spiro atoms. The first-order valence-electron chi connectivity index (χ1n) is 13.9. The van der Waals surface area contributed by atoms with Crippen molar-refractivity contribution in [2.45, 2.75) is 41.1 Å². The maximum absolute atomic E-state index is 13.2. The summed E-state index contributed by atoms with van der Waals surface area (Å²) in [5.74, 6) is 6.55. The normalized spacial score (nSPS) is 12.1. The Balaban J connectivity index is 1.36. The fourth-order valence-electron chi connectivity index (χ4n) is 4.79. The zero-order valence-corrected chi connectivity index (χ0v) is 24.9. The zero-order valence-electron chi connectivity index (χ0n) is 24.0. The molecule has 3 nitrogen and oxygen atoms in total. The molecule has 0 aliphatic heterocycles. The predicted octanol–water partition coefficient (Wildman–Crippen LogP) is 8.29. The molecule has 0 aliphatic carbocycles. The van der Waals surface area contributed by atoms with E-state index in [0.717, 1.165) is 22.3 Å². The molecule has 42 heavy (non-hydrogen) atoms. The molecule has 0 bridgehead atoms. The van der Waals surface area contributed by atoms with Gasteiger partial charge in [-0.25, -0.2) is 4.79 Å². The molecular formula is C38H33O3S+. The van der Waals surface area contributed by atoms with E-state index in [-0.39, 0.29) is 17.5 Å². The largest absolute Gasteiger partial charge is 0.481 e. The summed E-state index contributed by atoms with van der Waals surface area (Å²) in [6.45, 7) is 5.64. The molecular weight excluding hydrogens is 536 g/mol. The minimum atomic E-state index is -1.13. The summed E-state index contributed by atoms with van der Waals surface area (Å²) in [6, 6.07) is 44.7. The molecule has 0 amide bonds. The second kappa shape index (κ2) is 13.3. The van der Waals surface area contributed by atoms with E-state index in [1.807, 2.05) is 93.6 Å². The Morgan fingerprint density at radius 3 is 1.69 bits per heavy atom. The molecule has 0 saturated heterocycles. The monoisotopic (exact) mass is 569 g/mol. The molecule has 0 aliphatic rings. The number of benzene rings is 5. The van der Waals surface area contributed by atoms with Crippen LogP contribution in [-0.4, -0.2) is 12.6 Å². The molecule has 1 atom stereocenters. The van der Waals surface area contributed by atoms with Gasteiger partial charge in [0, 0.05) is 23.3 Å².